The van der Waals surface area contributed by atoms with Crippen LogP contribution in [-0.4, -0.2) is 54.0 Å². The minimum Gasteiger partial charge on any atom is -0.368 e. The Balaban J connectivity index is 1.26. The van der Waals surface area contributed by atoms with Crippen molar-refractivity contribution in [2.75, 3.05) is 6.61 Å². The quantitative estimate of drug-likeness (QED) is 0.263. The average molecular weight is 578 g/mol. The third-order valence-electron chi connectivity index (χ3n) is 8.04. The van der Waals surface area contributed by atoms with Gasteiger partial charge in [0, 0.05) is 5.56 Å². The van der Waals surface area contributed by atoms with E-state index >= 15 is 0 Å². The van der Waals surface area contributed by atoms with Gasteiger partial charge < -0.3 is 23.7 Å². The molecule has 0 saturated carbocycles. The zero-order valence-electron chi connectivity index (χ0n) is 23.4. The van der Waals surface area contributed by atoms with Gasteiger partial charge in [0.1, 0.15) is 24.4 Å². The van der Waals surface area contributed by atoms with E-state index in [1.165, 1.54) is 4.90 Å². The first kappa shape index (κ1) is 27.6. The van der Waals surface area contributed by atoms with Crippen LogP contribution < -0.4 is 0 Å². The van der Waals surface area contributed by atoms with Crippen molar-refractivity contribution in [1.82, 2.24) is 4.90 Å². The molecular weight excluding hydrogens is 546 g/mol. The Bertz CT molecular complexity index is 1530. The molecule has 0 bridgehead atoms. The molecule has 218 valence electrons. The third kappa shape index (κ3) is 5.51. The summed E-state index contributed by atoms with van der Waals surface area (Å²) in [6, 6.07) is 35.0. The maximum absolute atomic E-state index is 13.9. The second kappa shape index (κ2) is 12.2. The van der Waals surface area contributed by atoms with E-state index in [9.17, 15) is 9.59 Å². The monoisotopic (exact) mass is 577 g/mol. The Morgan fingerprint density at radius 1 is 0.651 bits per heavy atom. The lowest BCUT2D eigenvalue weighted by atomic mass is 9.94. The molecule has 3 heterocycles. The summed E-state index contributed by atoms with van der Waals surface area (Å²) >= 11 is 0. The molecule has 6 atom stereocenters. The van der Waals surface area contributed by atoms with E-state index in [1.807, 2.05) is 91.0 Å². The van der Waals surface area contributed by atoms with E-state index in [1.54, 1.807) is 24.3 Å². The van der Waals surface area contributed by atoms with Crippen molar-refractivity contribution >= 4 is 11.8 Å². The van der Waals surface area contributed by atoms with Crippen LogP contribution in [0, 0.1) is 0 Å². The molecule has 2 saturated heterocycles. The number of carbonyl (C=O) groups excluding carboxylic acids is 2. The number of hydrogen-bond acceptors (Lipinski definition) is 7. The Kier molecular flexibility index (Phi) is 7.84. The summed E-state index contributed by atoms with van der Waals surface area (Å²) in [6.07, 6.45) is -3.66. The van der Waals surface area contributed by atoms with Crippen molar-refractivity contribution in [2.24, 2.45) is 0 Å². The number of nitrogens with zero attached hydrogens (tertiary/aromatic N) is 1. The van der Waals surface area contributed by atoms with Gasteiger partial charge in [0.25, 0.3) is 11.8 Å². The van der Waals surface area contributed by atoms with Gasteiger partial charge in [-0.3, -0.25) is 14.5 Å². The number of benzene rings is 4. The normalized spacial score (nSPS) is 26.7. The van der Waals surface area contributed by atoms with Gasteiger partial charge in [-0.1, -0.05) is 103 Å². The van der Waals surface area contributed by atoms with E-state index in [2.05, 4.69) is 0 Å². The second-order valence-electron chi connectivity index (χ2n) is 10.8. The number of amides is 2. The van der Waals surface area contributed by atoms with Crippen molar-refractivity contribution < 1.29 is 33.3 Å². The molecule has 1 unspecified atom stereocenters. The van der Waals surface area contributed by atoms with Crippen molar-refractivity contribution in [3.05, 3.63) is 143 Å². The summed E-state index contributed by atoms with van der Waals surface area (Å²) in [5.41, 5.74) is 3.40. The largest absolute Gasteiger partial charge is 0.368 e. The number of carbonyl (C=O) groups is 2. The smallest absolute Gasteiger partial charge is 0.262 e. The SMILES string of the molecule is O=C1c2ccccc2C(=O)N1[C@H]1[C@H](OCc2ccccc2)O[C@@H]2COC(c3ccccc3)O[C@H]2[C@@H]1OCc1ccccc1. The lowest BCUT2D eigenvalue weighted by Crippen LogP contribution is -2.68. The predicted octanol–water partition coefficient (Wildman–Crippen LogP) is 5.29. The topological polar surface area (TPSA) is 83.5 Å². The molecule has 2 fully saturated rings. The molecular formula is C35H31NO7. The van der Waals surface area contributed by atoms with E-state index in [0.29, 0.717) is 11.1 Å². The Hall–Kier alpha value is -4.18. The number of imide groups is 1. The summed E-state index contributed by atoms with van der Waals surface area (Å²) in [5, 5.41) is 0. The number of hydrogen-bond donors (Lipinski definition) is 0. The van der Waals surface area contributed by atoms with Crippen LogP contribution in [0.25, 0.3) is 0 Å². The summed E-state index contributed by atoms with van der Waals surface area (Å²) in [7, 11) is 0. The molecule has 0 radical (unpaired) electrons. The van der Waals surface area contributed by atoms with Crippen LogP contribution in [0.1, 0.15) is 43.7 Å². The highest BCUT2D eigenvalue weighted by Crippen LogP contribution is 2.40. The maximum atomic E-state index is 13.9. The highest BCUT2D eigenvalue weighted by molar-refractivity contribution is 6.21. The molecule has 0 aromatic heterocycles. The van der Waals surface area contributed by atoms with E-state index in [-0.39, 0.29) is 19.8 Å². The average Bonchev–Trinajstić information content (AvgIpc) is 3.32. The molecule has 0 aliphatic carbocycles. The zero-order valence-corrected chi connectivity index (χ0v) is 23.4. The predicted molar refractivity (Wildman–Crippen MR) is 156 cm³/mol. The van der Waals surface area contributed by atoms with Crippen LogP contribution in [0.5, 0.6) is 0 Å². The Morgan fingerprint density at radius 3 is 1.79 bits per heavy atom. The minimum atomic E-state index is -0.995. The van der Waals surface area contributed by atoms with Gasteiger partial charge in [-0.25, -0.2) is 0 Å². The van der Waals surface area contributed by atoms with Gasteiger partial charge >= 0.3 is 0 Å². The van der Waals surface area contributed by atoms with Crippen molar-refractivity contribution in [3.63, 3.8) is 0 Å². The van der Waals surface area contributed by atoms with Crippen molar-refractivity contribution in [1.29, 1.82) is 0 Å². The Morgan fingerprint density at radius 2 is 1.19 bits per heavy atom. The third-order valence-corrected chi connectivity index (χ3v) is 8.04. The fourth-order valence-corrected chi connectivity index (χ4v) is 5.94. The minimum absolute atomic E-state index is 0.211. The van der Waals surface area contributed by atoms with Crippen molar-refractivity contribution in [2.45, 2.75) is 50.1 Å². The first-order valence-corrected chi connectivity index (χ1v) is 14.4. The standard InChI is InChI=1S/C35H31NO7/c37-32-26-18-10-11-19-27(26)33(38)36(32)29-31(39-20-23-12-4-1-5-13-23)30-28(22-41-34(43-30)25-16-8-3-9-17-25)42-35(29)40-21-24-14-6-2-7-15-24/h1-19,28-31,34-35H,20-22H2/t28-,29-,30-,31-,34?,35-/m1/s1. The molecule has 4 aromatic carbocycles. The molecule has 4 aromatic rings. The Labute approximate surface area is 249 Å². The lowest BCUT2D eigenvalue weighted by molar-refractivity contribution is -0.355. The molecule has 3 aliphatic rings. The summed E-state index contributed by atoms with van der Waals surface area (Å²) in [5.74, 6) is -0.832. The summed E-state index contributed by atoms with van der Waals surface area (Å²) in [4.78, 5) is 29.0. The molecule has 43 heavy (non-hydrogen) atoms. The van der Waals surface area contributed by atoms with Crippen LogP contribution in [-0.2, 0) is 36.9 Å². The summed E-state index contributed by atoms with van der Waals surface area (Å²) in [6.45, 7) is 0.664. The number of ether oxygens (including phenoxy) is 5. The molecule has 2 amide bonds. The van der Waals surface area contributed by atoms with Gasteiger partial charge in [0.2, 0.25) is 0 Å². The number of fused-ring (bicyclic) bond motifs is 2. The lowest BCUT2D eigenvalue weighted by Gasteiger charge is -2.50. The van der Waals surface area contributed by atoms with Crippen LogP contribution in [0.3, 0.4) is 0 Å². The van der Waals surface area contributed by atoms with E-state index in [0.717, 1.165) is 16.7 Å². The van der Waals surface area contributed by atoms with E-state index < -0.39 is 48.7 Å². The van der Waals surface area contributed by atoms with Crippen LogP contribution in [0.15, 0.2) is 115 Å². The highest BCUT2D eigenvalue weighted by atomic mass is 16.7. The van der Waals surface area contributed by atoms with Gasteiger partial charge in [-0.2, -0.15) is 0 Å². The van der Waals surface area contributed by atoms with Gasteiger partial charge in [0.05, 0.1) is 30.9 Å². The fraction of sp³-hybridized carbons (Fsp3) is 0.257. The van der Waals surface area contributed by atoms with Gasteiger partial charge in [0.15, 0.2) is 12.6 Å². The van der Waals surface area contributed by atoms with Gasteiger partial charge in [-0.15, -0.1) is 0 Å². The first-order chi connectivity index (χ1) is 21.2. The van der Waals surface area contributed by atoms with E-state index in [4.69, 9.17) is 23.7 Å². The molecule has 8 nitrogen and oxygen atoms in total. The van der Waals surface area contributed by atoms with Crippen LogP contribution in [0.4, 0.5) is 0 Å². The molecule has 0 spiro atoms. The highest BCUT2D eigenvalue weighted by Gasteiger charge is 2.57. The molecule has 7 rings (SSSR count). The zero-order chi connectivity index (χ0) is 29.2. The fourth-order valence-electron chi connectivity index (χ4n) is 5.94. The van der Waals surface area contributed by atoms with Gasteiger partial charge in [-0.05, 0) is 23.3 Å². The van der Waals surface area contributed by atoms with Crippen LogP contribution in [0.2, 0.25) is 0 Å². The number of rotatable bonds is 8. The summed E-state index contributed by atoms with van der Waals surface area (Å²) < 4.78 is 32.2. The molecule has 3 aliphatic heterocycles. The van der Waals surface area contributed by atoms with Crippen LogP contribution >= 0.6 is 0 Å². The molecule has 8 heteroatoms. The molecule has 0 N–H and O–H groups in total. The van der Waals surface area contributed by atoms with Crippen molar-refractivity contribution in [3.8, 4) is 0 Å². The second-order valence-corrected chi connectivity index (χ2v) is 10.8. The maximum Gasteiger partial charge on any atom is 0.262 e. The first-order valence-electron chi connectivity index (χ1n) is 14.4.